The van der Waals surface area contributed by atoms with Crippen LogP contribution in [0.5, 0.6) is 11.5 Å². The Hall–Kier alpha value is -2.80. The van der Waals surface area contributed by atoms with Gasteiger partial charge in [-0.1, -0.05) is 17.7 Å². The lowest BCUT2D eigenvalue weighted by Crippen LogP contribution is -2.15. The molecule has 0 bridgehead atoms. The molecule has 0 radical (unpaired) electrons. The number of methoxy groups -OCH3 is 2. The SMILES string of the molecule is COc1cccc(OC)c1C(=O)Nc1cc(Cl)c([N+](=O)[O-])cc1C. The predicted octanol–water partition coefficient (Wildman–Crippen LogP) is 3.83. The third kappa shape index (κ3) is 3.41. The molecule has 7 nitrogen and oxygen atoms in total. The maximum Gasteiger partial charge on any atom is 0.288 e. The number of benzene rings is 2. The molecule has 0 saturated heterocycles. The Kier molecular flexibility index (Phi) is 5.25. The molecule has 0 aliphatic heterocycles. The Bertz CT molecular complexity index is 785. The van der Waals surface area contributed by atoms with E-state index in [1.807, 2.05) is 0 Å². The van der Waals surface area contributed by atoms with Gasteiger partial charge in [-0.3, -0.25) is 14.9 Å². The van der Waals surface area contributed by atoms with Gasteiger partial charge >= 0.3 is 0 Å². The number of carbonyl (C=O) groups is 1. The minimum atomic E-state index is -0.579. The highest BCUT2D eigenvalue weighted by Gasteiger charge is 2.21. The van der Waals surface area contributed by atoms with E-state index in [4.69, 9.17) is 21.1 Å². The van der Waals surface area contributed by atoms with Crippen LogP contribution in [0.2, 0.25) is 5.02 Å². The van der Waals surface area contributed by atoms with Crippen molar-refractivity contribution in [3.05, 3.63) is 56.6 Å². The van der Waals surface area contributed by atoms with Crippen molar-refractivity contribution in [3.8, 4) is 11.5 Å². The van der Waals surface area contributed by atoms with E-state index < -0.39 is 10.8 Å². The number of nitro benzene ring substituents is 1. The van der Waals surface area contributed by atoms with Crippen LogP contribution >= 0.6 is 11.6 Å². The van der Waals surface area contributed by atoms with Gasteiger partial charge < -0.3 is 14.8 Å². The first-order valence-corrected chi connectivity index (χ1v) is 7.23. The molecule has 0 atom stereocenters. The lowest BCUT2D eigenvalue weighted by Gasteiger charge is -2.14. The maximum absolute atomic E-state index is 12.6. The fraction of sp³-hybridized carbons (Fsp3) is 0.188. The zero-order valence-corrected chi connectivity index (χ0v) is 14.0. The summed E-state index contributed by atoms with van der Waals surface area (Å²) in [6.07, 6.45) is 0. The molecule has 0 aromatic heterocycles. The maximum atomic E-state index is 12.6. The normalized spacial score (nSPS) is 10.2. The number of anilines is 1. The van der Waals surface area contributed by atoms with E-state index in [2.05, 4.69) is 5.32 Å². The zero-order chi connectivity index (χ0) is 17.9. The van der Waals surface area contributed by atoms with Crippen molar-refractivity contribution in [1.29, 1.82) is 0 Å². The molecule has 0 spiro atoms. The molecule has 24 heavy (non-hydrogen) atoms. The number of nitrogens with one attached hydrogen (secondary N) is 1. The Balaban J connectivity index is 2.41. The minimum absolute atomic E-state index is 0.0621. The summed E-state index contributed by atoms with van der Waals surface area (Å²) in [4.78, 5) is 22.9. The van der Waals surface area contributed by atoms with Gasteiger partial charge in [-0.05, 0) is 30.7 Å². The van der Waals surface area contributed by atoms with E-state index in [1.54, 1.807) is 25.1 Å². The third-order valence-electron chi connectivity index (χ3n) is 3.39. The van der Waals surface area contributed by atoms with Gasteiger partial charge in [0.2, 0.25) is 0 Å². The average molecular weight is 351 g/mol. The van der Waals surface area contributed by atoms with E-state index in [9.17, 15) is 14.9 Å². The lowest BCUT2D eigenvalue weighted by atomic mass is 10.1. The molecule has 2 aromatic rings. The van der Waals surface area contributed by atoms with Crippen LogP contribution in [-0.2, 0) is 0 Å². The molecule has 2 aromatic carbocycles. The summed E-state index contributed by atoms with van der Waals surface area (Å²) in [7, 11) is 2.89. The fourth-order valence-electron chi connectivity index (χ4n) is 2.20. The van der Waals surface area contributed by atoms with Crippen LogP contribution < -0.4 is 14.8 Å². The minimum Gasteiger partial charge on any atom is -0.496 e. The van der Waals surface area contributed by atoms with Gasteiger partial charge in [-0.25, -0.2) is 0 Å². The second-order valence-electron chi connectivity index (χ2n) is 4.87. The van der Waals surface area contributed by atoms with Crippen molar-refractivity contribution in [2.75, 3.05) is 19.5 Å². The van der Waals surface area contributed by atoms with Crippen molar-refractivity contribution < 1.29 is 19.2 Å². The molecule has 2 rings (SSSR count). The molecular formula is C16H15ClN2O5. The van der Waals surface area contributed by atoms with Crippen LogP contribution in [0.15, 0.2) is 30.3 Å². The van der Waals surface area contributed by atoms with Crippen molar-refractivity contribution in [2.24, 2.45) is 0 Å². The largest absolute Gasteiger partial charge is 0.496 e. The first-order valence-electron chi connectivity index (χ1n) is 6.86. The average Bonchev–Trinajstić information content (AvgIpc) is 2.56. The second-order valence-corrected chi connectivity index (χ2v) is 5.27. The molecule has 0 saturated carbocycles. The van der Waals surface area contributed by atoms with Crippen LogP contribution in [0.1, 0.15) is 15.9 Å². The smallest absolute Gasteiger partial charge is 0.288 e. The molecule has 0 heterocycles. The van der Waals surface area contributed by atoms with Crippen LogP contribution in [-0.4, -0.2) is 25.1 Å². The molecule has 0 fully saturated rings. The molecule has 126 valence electrons. The molecular weight excluding hydrogens is 336 g/mol. The van der Waals surface area contributed by atoms with Crippen molar-refractivity contribution >= 4 is 28.9 Å². The molecule has 1 amide bonds. The van der Waals surface area contributed by atoms with E-state index in [0.29, 0.717) is 22.7 Å². The van der Waals surface area contributed by atoms with Gasteiger partial charge in [0.15, 0.2) is 0 Å². The second kappa shape index (κ2) is 7.18. The number of aryl methyl sites for hydroxylation is 1. The zero-order valence-electron chi connectivity index (χ0n) is 13.3. The Morgan fingerprint density at radius 3 is 2.29 bits per heavy atom. The third-order valence-corrected chi connectivity index (χ3v) is 3.70. The summed E-state index contributed by atoms with van der Waals surface area (Å²) in [6.45, 7) is 1.64. The van der Waals surface area contributed by atoms with Crippen molar-refractivity contribution in [2.45, 2.75) is 6.92 Å². The predicted molar refractivity (Wildman–Crippen MR) is 90.3 cm³/mol. The summed E-state index contributed by atoms with van der Waals surface area (Å²) in [6, 6.07) is 7.61. The number of carbonyl (C=O) groups excluding carboxylic acids is 1. The molecule has 1 N–H and O–H groups in total. The molecule has 0 aliphatic carbocycles. The number of nitrogens with zero attached hydrogens (tertiary/aromatic N) is 1. The first kappa shape index (κ1) is 17.6. The van der Waals surface area contributed by atoms with Crippen LogP contribution in [0, 0.1) is 17.0 Å². The first-order chi connectivity index (χ1) is 11.4. The van der Waals surface area contributed by atoms with Gasteiger partial charge in [-0.2, -0.15) is 0 Å². The van der Waals surface area contributed by atoms with Gasteiger partial charge in [0.25, 0.3) is 11.6 Å². The highest BCUT2D eigenvalue weighted by atomic mass is 35.5. The van der Waals surface area contributed by atoms with Gasteiger partial charge in [0, 0.05) is 11.8 Å². The summed E-state index contributed by atoms with van der Waals surface area (Å²) in [5.74, 6) is 0.215. The summed E-state index contributed by atoms with van der Waals surface area (Å²) >= 11 is 5.90. The monoisotopic (exact) mass is 350 g/mol. The number of amides is 1. The van der Waals surface area contributed by atoms with Crippen LogP contribution in [0.4, 0.5) is 11.4 Å². The van der Waals surface area contributed by atoms with Crippen LogP contribution in [0.3, 0.4) is 0 Å². The number of hydrogen-bond donors (Lipinski definition) is 1. The van der Waals surface area contributed by atoms with E-state index in [1.165, 1.54) is 26.4 Å². The number of ether oxygens (including phenoxy) is 2. The van der Waals surface area contributed by atoms with Crippen molar-refractivity contribution in [3.63, 3.8) is 0 Å². The van der Waals surface area contributed by atoms with Gasteiger partial charge in [0.1, 0.15) is 22.1 Å². The van der Waals surface area contributed by atoms with Crippen molar-refractivity contribution in [1.82, 2.24) is 0 Å². The number of nitro groups is 1. The summed E-state index contributed by atoms with van der Waals surface area (Å²) in [5, 5.41) is 13.5. The Morgan fingerprint density at radius 1 is 1.21 bits per heavy atom. The molecule has 0 unspecified atom stereocenters. The fourth-order valence-corrected chi connectivity index (χ4v) is 2.43. The van der Waals surface area contributed by atoms with Gasteiger partial charge in [-0.15, -0.1) is 0 Å². The topological polar surface area (TPSA) is 90.7 Å². The summed E-state index contributed by atoms with van der Waals surface area (Å²) < 4.78 is 10.4. The number of rotatable bonds is 5. The van der Waals surface area contributed by atoms with Crippen LogP contribution in [0.25, 0.3) is 0 Å². The highest BCUT2D eigenvalue weighted by molar-refractivity contribution is 6.33. The lowest BCUT2D eigenvalue weighted by molar-refractivity contribution is -0.384. The Labute approximate surface area is 143 Å². The number of hydrogen-bond acceptors (Lipinski definition) is 5. The summed E-state index contributed by atoms with van der Waals surface area (Å²) in [5.41, 5.74) is 0.871. The standard InChI is InChI=1S/C16H15ClN2O5/c1-9-7-12(19(21)22)10(17)8-11(9)18-16(20)15-13(23-2)5-4-6-14(15)24-3/h4-8H,1-3H3,(H,18,20). The molecule has 8 heteroatoms. The Morgan fingerprint density at radius 2 is 1.79 bits per heavy atom. The highest BCUT2D eigenvalue weighted by Crippen LogP contribution is 2.33. The van der Waals surface area contributed by atoms with E-state index in [0.717, 1.165) is 0 Å². The van der Waals surface area contributed by atoms with E-state index in [-0.39, 0.29) is 16.3 Å². The quantitative estimate of drug-likeness (QED) is 0.653. The molecule has 0 aliphatic rings. The van der Waals surface area contributed by atoms with E-state index >= 15 is 0 Å². The van der Waals surface area contributed by atoms with Gasteiger partial charge in [0.05, 0.1) is 19.1 Å². The number of halogens is 1.